The highest BCUT2D eigenvalue weighted by Gasteiger charge is 2.23. The van der Waals surface area contributed by atoms with Crippen LogP contribution in [0.15, 0.2) is 18.2 Å². The molecule has 0 atom stereocenters. The molecule has 1 heterocycles. The quantitative estimate of drug-likeness (QED) is 0.457. The second kappa shape index (κ2) is 5.63. The molecule has 1 aliphatic heterocycles. The second-order valence-electron chi connectivity index (χ2n) is 4.54. The summed E-state index contributed by atoms with van der Waals surface area (Å²) in [5.41, 5.74) is 6.51. The van der Waals surface area contributed by atoms with Crippen molar-refractivity contribution in [2.45, 2.75) is 0 Å². The standard InChI is InChI=1S/C14H17N3O2/c1-2-5-16-6-8-17(9-7-16)14(19)12-10-11(18)3-4-13(12)15/h1,3-4,10,18H,5-9,15H2. The highest BCUT2D eigenvalue weighted by molar-refractivity contribution is 5.99. The molecular weight excluding hydrogens is 242 g/mol. The van der Waals surface area contributed by atoms with Crippen molar-refractivity contribution in [1.29, 1.82) is 0 Å². The summed E-state index contributed by atoms with van der Waals surface area (Å²) in [5.74, 6) is 2.50. The number of carbonyl (C=O) groups excluding carboxylic acids is 1. The van der Waals surface area contributed by atoms with E-state index < -0.39 is 0 Å². The Bertz CT molecular complexity index is 514. The molecule has 5 nitrogen and oxygen atoms in total. The van der Waals surface area contributed by atoms with Crippen molar-refractivity contribution < 1.29 is 9.90 Å². The monoisotopic (exact) mass is 259 g/mol. The summed E-state index contributed by atoms with van der Waals surface area (Å²) in [5, 5.41) is 9.44. The zero-order valence-corrected chi connectivity index (χ0v) is 10.7. The van der Waals surface area contributed by atoms with Gasteiger partial charge in [0, 0.05) is 31.9 Å². The van der Waals surface area contributed by atoms with Crippen molar-refractivity contribution in [3.8, 4) is 18.1 Å². The number of phenolic OH excluding ortho intramolecular Hbond substituents is 1. The highest BCUT2D eigenvalue weighted by Crippen LogP contribution is 2.20. The van der Waals surface area contributed by atoms with E-state index in [1.54, 1.807) is 4.90 Å². The Morgan fingerprint density at radius 1 is 1.37 bits per heavy atom. The number of anilines is 1. The predicted octanol–water partition coefficient (Wildman–Crippen LogP) is 0.365. The number of nitrogens with zero attached hydrogens (tertiary/aromatic N) is 2. The van der Waals surface area contributed by atoms with Crippen LogP contribution in [0.3, 0.4) is 0 Å². The van der Waals surface area contributed by atoms with E-state index in [9.17, 15) is 9.90 Å². The van der Waals surface area contributed by atoms with E-state index in [-0.39, 0.29) is 11.7 Å². The largest absolute Gasteiger partial charge is 0.508 e. The van der Waals surface area contributed by atoms with Gasteiger partial charge in [-0.2, -0.15) is 0 Å². The van der Waals surface area contributed by atoms with Crippen LogP contribution < -0.4 is 5.73 Å². The van der Waals surface area contributed by atoms with Crippen LogP contribution in [0.2, 0.25) is 0 Å². The van der Waals surface area contributed by atoms with E-state index in [1.165, 1.54) is 18.2 Å². The van der Waals surface area contributed by atoms with Crippen LogP contribution in [0.1, 0.15) is 10.4 Å². The third-order valence-corrected chi connectivity index (χ3v) is 3.24. The molecule has 0 saturated carbocycles. The Hall–Kier alpha value is -2.19. The number of nitrogen functional groups attached to an aromatic ring is 1. The number of phenols is 1. The van der Waals surface area contributed by atoms with Crippen molar-refractivity contribution in [2.24, 2.45) is 0 Å². The maximum atomic E-state index is 12.3. The lowest BCUT2D eigenvalue weighted by molar-refractivity contribution is 0.0653. The molecule has 1 aromatic rings. The van der Waals surface area contributed by atoms with Gasteiger partial charge in [0.1, 0.15) is 5.75 Å². The van der Waals surface area contributed by atoms with Crippen LogP contribution in [0.25, 0.3) is 0 Å². The fourth-order valence-electron chi connectivity index (χ4n) is 2.14. The summed E-state index contributed by atoms with van der Waals surface area (Å²) in [6.45, 7) is 3.37. The Kier molecular flexibility index (Phi) is 3.93. The van der Waals surface area contributed by atoms with Gasteiger partial charge >= 0.3 is 0 Å². The summed E-state index contributed by atoms with van der Waals surface area (Å²) in [6.07, 6.45) is 5.26. The maximum absolute atomic E-state index is 12.3. The topological polar surface area (TPSA) is 69.8 Å². The van der Waals surface area contributed by atoms with E-state index >= 15 is 0 Å². The van der Waals surface area contributed by atoms with Crippen LogP contribution in [-0.4, -0.2) is 53.5 Å². The van der Waals surface area contributed by atoms with Crippen LogP contribution >= 0.6 is 0 Å². The average Bonchev–Trinajstić information content (AvgIpc) is 2.42. The molecule has 2 rings (SSSR count). The minimum Gasteiger partial charge on any atom is -0.508 e. The molecule has 1 amide bonds. The molecular formula is C14H17N3O2. The van der Waals surface area contributed by atoms with Gasteiger partial charge in [-0.15, -0.1) is 6.42 Å². The molecule has 0 unspecified atom stereocenters. The smallest absolute Gasteiger partial charge is 0.256 e. The Morgan fingerprint density at radius 3 is 2.68 bits per heavy atom. The number of rotatable bonds is 2. The fourth-order valence-corrected chi connectivity index (χ4v) is 2.14. The molecule has 100 valence electrons. The lowest BCUT2D eigenvalue weighted by Crippen LogP contribution is -2.48. The number of aromatic hydroxyl groups is 1. The third-order valence-electron chi connectivity index (χ3n) is 3.24. The normalized spacial score (nSPS) is 16.1. The van der Waals surface area contributed by atoms with Gasteiger partial charge in [0.2, 0.25) is 0 Å². The molecule has 1 fully saturated rings. The first-order valence-electron chi connectivity index (χ1n) is 6.15. The number of terminal acetylenes is 1. The highest BCUT2D eigenvalue weighted by atomic mass is 16.3. The van der Waals surface area contributed by atoms with Gasteiger partial charge < -0.3 is 15.7 Å². The van der Waals surface area contributed by atoms with Crippen molar-refractivity contribution in [1.82, 2.24) is 9.80 Å². The molecule has 5 heteroatoms. The van der Waals surface area contributed by atoms with E-state index in [1.807, 2.05) is 0 Å². The Labute approximate surface area is 112 Å². The molecule has 0 aliphatic carbocycles. The van der Waals surface area contributed by atoms with E-state index in [0.29, 0.717) is 30.9 Å². The van der Waals surface area contributed by atoms with E-state index in [0.717, 1.165) is 13.1 Å². The molecule has 3 N–H and O–H groups in total. The average molecular weight is 259 g/mol. The summed E-state index contributed by atoms with van der Waals surface area (Å²) in [4.78, 5) is 16.2. The van der Waals surface area contributed by atoms with Gasteiger partial charge in [-0.3, -0.25) is 9.69 Å². The molecule has 0 radical (unpaired) electrons. The van der Waals surface area contributed by atoms with Gasteiger partial charge in [-0.05, 0) is 18.2 Å². The molecule has 0 bridgehead atoms. The number of nitrogens with two attached hydrogens (primary N) is 1. The number of piperazine rings is 1. The molecule has 1 aliphatic rings. The minimum absolute atomic E-state index is 0.0449. The summed E-state index contributed by atoms with van der Waals surface area (Å²) in [7, 11) is 0. The fraction of sp³-hybridized carbons (Fsp3) is 0.357. The number of benzene rings is 1. The van der Waals surface area contributed by atoms with Crippen molar-refractivity contribution in [3.63, 3.8) is 0 Å². The Balaban J connectivity index is 2.05. The van der Waals surface area contributed by atoms with Gasteiger partial charge in [0.15, 0.2) is 0 Å². The minimum atomic E-state index is -0.145. The van der Waals surface area contributed by atoms with Crippen LogP contribution in [0.5, 0.6) is 5.75 Å². The van der Waals surface area contributed by atoms with Crippen molar-refractivity contribution >= 4 is 11.6 Å². The second-order valence-corrected chi connectivity index (χ2v) is 4.54. The number of carbonyl (C=O) groups is 1. The van der Waals surface area contributed by atoms with E-state index in [4.69, 9.17) is 12.2 Å². The number of amides is 1. The molecule has 1 aromatic carbocycles. The number of hydrogen-bond acceptors (Lipinski definition) is 4. The molecule has 0 aromatic heterocycles. The lowest BCUT2D eigenvalue weighted by Gasteiger charge is -2.33. The first kappa shape index (κ1) is 13.2. The van der Waals surface area contributed by atoms with E-state index in [2.05, 4.69) is 10.8 Å². The van der Waals surface area contributed by atoms with Crippen molar-refractivity contribution in [2.75, 3.05) is 38.5 Å². The first-order chi connectivity index (χ1) is 9.11. The zero-order chi connectivity index (χ0) is 13.8. The predicted molar refractivity (Wildman–Crippen MR) is 73.7 cm³/mol. The molecule has 0 spiro atoms. The zero-order valence-electron chi connectivity index (χ0n) is 10.7. The van der Waals surface area contributed by atoms with Gasteiger partial charge in [0.05, 0.1) is 12.1 Å². The van der Waals surface area contributed by atoms with Gasteiger partial charge in [-0.1, -0.05) is 5.92 Å². The first-order valence-corrected chi connectivity index (χ1v) is 6.15. The van der Waals surface area contributed by atoms with Crippen LogP contribution in [-0.2, 0) is 0 Å². The van der Waals surface area contributed by atoms with Crippen LogP contribution in [0, 0.1) is 12.3 Å². The Morgan fingerprint density at radius 2 is 2.05 bits per heavy atom. The summed E-state index contributed by atoms with van der Waals surface area (Å²) >= 11 is 0. The maximum Gasteiger partial charge on any atom is 0.256 e. The van der Waals surface area contributed by atoms with Crippen molar-refractivity contribution in [3.05, 3.63) is 23.8 Å². The van der Waals surface area contributed by atoms with Crippen LogP contribution in [0.4, 0.5) is 5.69 Å². The summed E-state index contributed by atoms with van der Waals surface area (Å²) < 4.78 is 0. The van der Waals surface area contributed by atoms with Gasteiger partial charge in [0.25, 0.3) is 5.91 Å². The third kappa shape index (κ3) is 2.98. The lowest BCUT2D eigenvalue weighted by atomic mass is 10.1. The molecule has 19 heavy (non-hydrogen) atoms. The van der Waals surface area contributed by atoms with Gasteiger partial charge in [-0.25, -0.2) is 0 Å². The SMILES string of the molecule is C#CCN1CCN(C(=O)c2cc(O)ccc2N)CC1. The number of hydrogen-bond donors (Lipinski definition) is 2. The molecule has 1 saturated heterocycles. The summed E-state index contributed by atoms with van der Waals surface area (Å²) in [6, 6.07) is 4.42.